The molecule has 1 saturated heterocycles. The molecular weight excluding hydrogens is 288 g/mol. The summed E-state index contributed by atoms with van der Waals surface area (Å²) in [6, 6.07) is 4.43. The zero-order chi connectivity index (χ0) is 14.5. The first-order chi connectivity index (χ1) is 10.3. The van der Waals surface area contributed by atoms with Crippen molar-refractivity contribution in [2.24, 2.45) is 0 Å². The van der Waals surface area contributed by atoms with Crippen LogP contribution in [-0.2, 0) is 6.54 Å². The molecule has 0 saturated carbocycles. The van der Waals surface area contributed by atoms with Gasteiger partial charge in [-0.2, -0.15) is 0 Å². The molecule has 6 nitrogen and oxygen atoms in total. The number of nitrogens with zero attached hydrogens (tertiary/aromatic N) is 3. The molecule has 2 aromatic heterocycles. The van der Waals surface area contributed by atoms with E-state index in [-0.39, 0.29) is 6.61 Å². The first-order valence-electron chi connectivity index (χ1n) is 7.28. The van der Waals surface area contributed by atoms with E-state index in [1.807, 2.05) is 17.5 Å². The highest BCUT2D eigenvalue weighted by Crippen LogP contribution is 2.23. The molecular formula is C14H20N4O2S. The summed E-state index contributed by atoms with van der Waals surface area (Å²) in [7, 11) is 0. The van der Waals surface area contributed by atoms with Gasteiger partial charge in [-0.15, -0.1) is 21.5 Å². The molecule has 3 rings (SSSR count). The molecule has 0 aliphatic carbocycles. The van der Waals surface area contributed by atoms with Crippen LogP contribution in [0.15, 0.2) is 21.9 Å². The fourth-order valence-electron chi connectivity index (χ4n) is 2.61. The van der Waals surface area contributed by atoms with Gasteiger partial charge in [0.25, 0.3) is 5.89 Å². The minimum absolute atomic E-state index is 0.138. The van der Waals surface area contributed by atoms with Crippen molar-refractivity contribution in [1.82, 2.24) is 20.4 Å². The van der Waals surface area contributed by atoms with Crippen molar-refractivity contribution in [2.75, 3.05) is 26.2 Å². The summed E-state index contributed by atoms with van der Waals surface area (Å²) in [5.74, 6) is 1.17. The van der Waals surface area contributed by atoms with Gasteiger partial charge >= 0.3 is 0 Å². The lowest BCUT2D eigenvalue weighted by Gasteiger charge is -2.23. The zero-order valence-corrected chi connectivity index (χ0v) is 12.7. The first kappa shape index (κ1) is 14.6. The van der Waals surface area contributed by atoms with Crippen LogP contribution in [0.4, 0.5) is 0 Å². The number of hydrogen-bond acceptors (Lipinski definition) is 7. The summed E-state index contributed by atoms with van der Waals surface area (Å²) in [6.45, 7) is 3.32. The molecule has 1 unspecified atom stereocenters. The van der Waals surface area contributed by atoms with Crippen LogP contribution in [0.3, 0.4) is 0 Å². The average Bonchev–Trinajstić information content (AvgIpc) is 3.21. The Morgan fingerprint density at radius 1 is 1.48 bits per heavy atom. The highest BCUT2D eigenvalue weighted by molar-refractivity contribution is 7.13. The van der Waals surface area contributed by atoms with Gasteiger partial charge in [-0.3, -0.25) is 4.90 Å². The first-order valence-corrected chi connectivity index (χ1v) is 8.16. The van der Waals surface area contributed by atoms with Gasteiger partial charge in [0.2, 0.25) is 5.89 Å². The van der Waals surface area contributed by atoms with Gasteiger partial charge in [0.05, 0.1) is 18.0 Å². The van der Waals surface area contributed by atoms with Gasteiger partial charge in [-0.05, 0) is 30.8 Å². The third-order valence-electron chi connectivity index (χ3n) is 3.61. The van der Waals surface area contributed by atoms with E-state index in [2.05, 4.69) is 20.4 Å². The minimum atomic E-state index is 0.138. The zero-order valence-electron chi connectivity index (χ0n) is 11.9. The Kier molecular flexibility index (Phi) is 4.97. The van der Waals surface area contributed by atoms with Gasteiger partial charge in [0.1, 0.15) is 0 Å². The SMILES string of the molecule is OCCN(Cc1nnc(-c2cccs2)o1)CC1CCCN1. The molecule has 0 spiro atoms. The summed E-state index contributed by atoms with van der Waals surface area (Å²) in [6.07, 6.45) is 2.41. The van der Waals surface area contributed by atoms with Crippen molar-refractivity contribution >= 4 is 11.3 Å². The predicted molar refractivity (Wildman–Crippen MR) is 81.0 cm³/mol. The molecule has 1 fully saturated rings. The van der Waals surface area contributed by atoms with Crippen molar-refractivity contribution in [3.8, 4) is 10.8 Å². The lowest BCUT2D eigenvalue weighted by atomic mass is 10.2. The summed E-state index contributed by atoms with van der Waals surface area (Å²) in [4.78, 5) is 3.15. The predicted octanol–water partition coefficient (Wildman–Crippen LogP) is 1.34. The third kappa shape index (κ3) is 3.88. The summed E-state index contributed by atoms with van der Waals surface area (Å²) < 4.78 is 5.71. The van der Waals surface area contributed by atoms with Crippen molar-refractivity contribution in [3.63, 3.8) is 0 Å². The molecule has 2 N–H and O–H groups in total. The molecule has 0 aromatic carbocycles. The minimum Gasteiger partial charge on any atom is -0.419 e. The lowest BCUT2D eigenvalue weighted by Crippen LogP contribution is -2.38. The van der Waals surface area contributed by atoms with E-state index in [1.54, 1.807) is 11.3 Å². The molecule has 2 aromatic rings. The summed E-state index contributed by atoms with van der Waals surface area (Å²) >= 11 is 1.58. The second-order valence-electron chi connectivity index (χ2n) is 5.23. The van der Waals surface area contributed by atoms with E-state index in [9.17, 15) is 5.11 Å². The second kappa shape index (κ2) is 7.13. The Morgan fingerprint density at radius 3 is 3.14 bits per heavy atom. The third-order valence-corrected chi connectivity index (χ3v) is 4.47. The van der Waals surface area contributed by atoms with Crippen molar-refractivity contribution in [2.45, 2.75) is 25.4 Å². The number of aromatic nitrogens is 2. The second-order valence-corrected chi connectivity index (χ2v) is 6.18. The van der Waals surface area contributed by atoms with Gasteiger partial charge in [-0.25, -0.2) is 0 Å². The van der Waals surface area contributed by atoms with E-state index in [0.717, 1.165) is 18.0 Å². The molecule has 3 heterocycles. The van der Waals surface area contributed by atoms with Gasteiger partial charge in [0, 0.05) is 19.1 Å². The lowest BCUT2D eigenvalue weighted by molar-refractivity contribution is 0.168. The van der Waals surface area contributed by atoms with Crippen LogP contribution in [0.2, 0.25) is 0 Å². The van der Waals surface area contributed by atoms with Crippen LogP contribution in [0.25, 0.3) is 10.8 Å². The largest absolute Gasteiger partial charge is 0.419 e. The van der Waals surface area contributed by atoms with Crippen molar-refractivity contribution in [1.29, 1.82) is 0 Å². The monoisotopic (exact) mass is 308 g/mol. The number of rotatable bonds is 7. The van der Waals surface area contributed by atoms with Crippen LogP contribution >= 0.6 is 11.3 Å². The van der Waals surface area contributed by atoms with E-state index < -0.39 is 0 Å². The molecule has 1 aliphatic rings. The van der Waals surface area contributed by atoms with Crippen LogP contribution in [0.5, 0.6) is 0 Å². The van der Waals surface area contributed by atoms with Crippen molar-refractivity contribution < 1.29 is 9.52 Å². The van der Waals surface area contributed by atoms with Gasteiger partial charge < -0.3 is 14.8 Å². The van der Waals surface area contributed by atoms with Crippen LogP contribution in [0, 0.1) is 0 Å². The van der Waals surface area contributed by atoms with Crippen molar-refractivity contribution in [3.05, 3.63) is 23.4 Å². The molecule has 1 atom stereocenters. The molecule has 0 radical (unpaired) electrons. The molecule has 0 amide bonds. The molecule has 114 valence electrons. The normalized spacial score (nSPS) is 18.7. The van der Waals surface area contributed by atoms with Crippen LogP contribution < -0.4 is 5.32 Å². The Bertz CT molecular complexity index is 537. The number of thiophene rings is 1. The maximum atomic E-state index is 9.22. The maximum Gasteiger partial charge on any atom is 0.257 e. The highest BCUT2D eigenvalue weighted by Gasteiger charge is 2.19. The average molecular weight is 308 g/mol. The van der Waals surface area contributed by atoms with E-state index in [0.29, 0.717) is 30.9 Å². The molecule has 7 heteroatoms. The highest BCUT2D eigenvalue weighted by atomic mass is 32.1. The van der Waals surface area contributed by atoms with E-state index >= 15 is 0 Å². The van der Waals surface area contributed by atoms with E-state index in [1.165, 1.54) is 12.8 Å². The Hall–Kier alpha value is -1.28. The van der Waals surface area contributed by atoms with Gasteiger partial charge in [0.15, 0.2) is 0 Å². The standard InChI is InChI=1S/C14H20N4O2S/c19-7-6-18(9-11-3-1-5-15-11)10-13-16-17-14(20-13)12-4-2-8-21-12/h2,4,8,11,15,19H,1,3,5-7,9-10H2. The van der Waals surface area contributed by atoms with Gasteiger partial charge in [-0.1, -0.05) is 6.07 Å². The number of aliphatic hydroxyl groups excluding tert-OH is 1. The maximum absolute atomic E-state index is 9.22. The topological polar surface area (TPSA) is 74.4 Å². The Balaban J connectivity index is 1.62. The van der Waals surface area contributed by atoms with Crippen LogP contribution in [0.1, 0.15) is 18.7 Å². The van der Waals surface area contributed by atoms with Crippen LogP contribution in [-0.4, -0.2) is 52.5 Å². The summed E-state index contributed by atoms with van der Waals surface area (Å²) in [5.41, 5.74) is 0. The molecule has 0 bridgehead atoms. The number of hydrogen-bond donors (Lipinski definition) is 2. The molecule has 1 aliphatic heterocycles. The fraction of sp³-hybridized carbons (Fsp3) is 0.571. The smallest absolute Gasteiger partial charge is 0.257 e. The number of aliphatic hydroxyl groups is 1. The quantitative estimate of drug-likeness (QED) is 0.804. The fourth-order valence-corrected chi connectivity index (χ4v) is 3.25. The summed E-state index contributed by atoms with van der Waals surface area (Å²) in [5, 5.41) is 22.9. The van der Waals surface area contributed by atoms with E-state index in [4.69, 9.17) is 4.42 Å². The Labute approximate surface area is 127 Å². The Morgan fingerprint density at radius 2 is 2.43 bits per heavy atom. The molecule has 21 heavy (non-hydrogen) atoms. The number of nitrogens with one attached hydrogen (secondary N) is 1.